The number of rotatable bonds is 18. The lowest BCUT2D eigenvalue weighted by molar-refractivity contribution is -0.116. The molecule has 12 heteroatoms. The van der Waals surface area contributed by atoms with Gasteiger partial charge in [-0.15, -0.1) is 9.73 Å². The monoisotopic (exact) mass is 688 g/mol. The fraction of sp³-hybridized carbons (Fsp3) is 0.459. The van der Waals surface area contributed by atoms with Crippen molar-refractivity contribution in [1.82, 2.24) is 24.9 Å². The Hall–Kier alpha value is -4.21. The Kier molecular flexibility index (Phi) is 11.8. The molecule has 3 N–H and O–H groups in total. The summed E-state index contributed by atoms with van der Waals surface area (Å²) < 4.78 is 26.7. The van der Waals surface area contributed by atoms with E-state index in [0.717, 1.165) is 61.5 Å². The Morgan fingerprint density at radius 3 is 2.51 bits per heavy atom. The van der Waals surface area contributed by atoms with Crippen LogP contribution in [-0.2, 0) is 20.5 Å². The molecule has 0 radical (unpaired) electrons. The van der Waals surface area contributed by atoms with Crippen LogP contribution in [0.25, 0.3) is 17.0 Å². The minimum atomic E-state index is -2.70. The van der Waals surface area contributed by atoms with Gasteiger partial charge < -0.3 is 19.4 Å². The molecule has 1 aliphatic rings. The topological polar surface area (TPSA) is 140 Å². The highest BCUT2D eigenvalue weighted by atomic mass is 31.2. The number of nitrogens with one attached hydrogen (secondary N) is 3. The maximum atomic E-state index is 14.2. The summed E-state index contributed by atoms with van der Waals surface area (Å²) >= 11 is 0. The lowest BCUT2D eigenvalue weighted by Gasteiger charge is -2.13. The van der Waals surface area contributed by atoms with E-state index in [9.17, 15) is 14.2 Å². The summed E-state index contributed by atoms with van der Waals surface area (Å²) in [5, 5.41) is 15.0. The molecule has 1 saturated heterocycles. The van der Waals surface area contributed by atoms with Gasteiger partial charge in [-0.25, -0.2) is 9.78 Å². The van der Waals surface area contributed by atoms with Crippen LogP contribution >= 0.6 is 7.29 Å². The van der Waals surface area contributed by atoms with Crippen LogP contribution in [0.1, 0.15) is 102 Å². The molecule has 2 unspecified atom stereocenters. The molecule has 49 heavy (non-hydrogen) atoms. The number of amides is 1. The SMILES string of the molecule is CCCCC/C=C1\C(CC)(CCCC)P1(=O)NCCC(=O)Nc1cccc(-c2nc3c(Oc4ccc(C(=O)OC)cc4)c(CC)[nH]n3n2)c1. The van der Waals surface area contributed by atoms with E-state index in [2.05, 4.69) is 47.4 Å². The maximum Gasteiger partial charge on any atom is 0.337 e. The van der Waals surface area contributed by atoms with Gasteiger partial charge in [-0.3, -0.25) is 15.0 Å². The van der Waals surface area contributed by atoms with Crippen LogP contribution in [0.15, 0.2) is 59.9 Å². The number of anilines is 1. The molecule has 0 aliphatic carbocycles. The van der Waals surface area contributed by atoms with Gasteiger partial charge in [0.25, 0.3) is 0 Å². The number of H-pyrrole nitrogens is 1. The molecule has 3 heterocycles. The highest BCUT2D eigenvalue weighted by molar-refractivity contribution is 7.77. The first-order valence-corrected chi connectivity index (χ1v) is 19.2. The van der Waals surface area contributed by atoms with Gasteiger partial charge >= 0.3 is 5.97 Å². The predicted octanol–water partition coefficient (Wildman–Crippen LogP) is 8.88. The summed E-state index contributed by atoms with van der Waals surface area (Å²) in [6.07, 6.45) is 11.4. The zero-order chi connectivity index (χ0) is 35.0. The third-order valence-corrected chi connectivity index (χ3v) is 13.0. The molecule has 5 rings (SSSR count). The summed E-state index contributed by atoms with van der Waals surface area (Å²) in [7, 11) is -1.36. The van der Waals surface area contributed by atoms with Gasteiger partial charge in [-0.05, 0) is 68.5 Å². The number of unbranched alkanes of at least 4 members (excludes halogenated alkanes) is 4. The number of hydrogen-bond acceptors (Lipinski definition) is 7. The molecule has 11 nitrogen and oxygen atoms in total. The van der Waals surface area contributed by atoms with Crippen LogP contribution in [0.5, 0.6) is 11.5 Å². The van der Waals surface area contributed by atoms with Gasteiger partial charge in [0.15, 0.2) is 18.9 Å². The van der Waals surface area contributed by atoms with E-state index in [4.69, 9.17) is 14.5 Å². The molecule has 262 valence electrons. The van der Waals surface area contributed by atoms with Gasteiger partial charge in [-0.2, -0.15) is 0 Å². The number of aromatic amines is 1. The largest absolute Gasteiger partial charge is 0.465 e. The van der Waals surface area contributed by atoms with E-state index < -0.39 is 13.3 Å². The number of esters is 1. The number of carbonyl (C=O) groups excluding carboxylic acids is 2. The van der Waals surface area contributed by atoms with Crippen LogP contribution in [0.3, 0.4) is 0 Å². The van der Waals surface area contributed by atoms with Crippen LogP contribution in [0, 0.1) is 0 Å². The molecular weight excluding hydrogens is 639 g/mol. The minimum Gasteiger partial charge on any atom is -0.465 e. The molecule has 2 atom stereocenters. The Morgan fingerprint density at radius 2 is 1.82 bits per heavy atom. The fourth-order valence-corrected chi connectivity index (χ4v) is 10.2. The first kappa shape index (κ1) is 36.1. The zero-order valence-corrected chi connectivity index (χ0v) is 30.2. The quantitative estimate of drug-likeness (QED) is 0.0535. The van der Waals surface area contributed by atoms with E-state index in [1.807, 2.05) is 31.2 Å². The van der Waals surface area contributed by atoms with E-state index in [1.54, 1.807) is 28.9 Å². The fourth-order valence-electron chi connectivity index (χ4n) is 6.47. The second kappa shape index (κ2) is 16.0. The average molecular weight is 689 g/mol. The summed E-state index contributed by atoms with van der Waals surface area (Å²) in [4.78, 5) is 29.6. The molecule has 0 spiro atoms. The Labute approximate surface area is 288 Å². The molecular formula is C37H49N6O5P. The number of nitrogens with zero attached hydrogens (tertiary/aromatic N) is 3. The first-order chi connectivity index (χ1) is 23.7. The van der Waals surface area contributed by atoms with Crippen molar-refractivity contribution in [3.63, 3.8) is 0 Å². The summed E-state index contributed by atoms with van der Waals surface area (Å²) in [6, 6.07) is 14.1. The summed E-state index contributed by atoms with van der Waals surface area (Å²) in [5.41, 5.74) is 3.11. The first-order valence-electron chi connectivity index (χ1n) is 17.5. The molecule has 0 bridgehead atoms. The van der Waals surface area contributed by atoms with Gasteiger partial charge in [-0.1, -0.05) is 71.6 Å². The van der Waals surface area contributed by atoms with Crippen LogP contribution in [0.4, 0.5) is 5.69 Å². The van der Waals surface area contributed by atoms with Crippen LogP contribution < -0.4 is 15.1 Å². The highest BCUT2D eigenvalue weighted by Crippen LogP contribution is 2.86. The van der Waals surface area contributed by atoms with Crippen molar-refractivity contribution in [3.05, 3.63) is 71.2 Å². The van der Waals surface area contributed by atoms with Crippen molar-refractivity contribution >= 4 is 30.5 Å². The van der Waals surface area contributed by atoms with E-state index >= 15 is 0 Å². The molecule has 2 aromatic heterocycles. The lowest BCUT2D eigenvalue weighted by Crippen LogP contribution is -2.20. The second-order valence-corrected chi connectivity index (χ2v) is 15.4. The van der Waals surface area contributed by atoms with Gasteiger partial charge in [0, 0.05) is 29.5 Å². The number of methoxy groups -OCH3 is 1. The van der Waals surface area contributed by atoms with Crippen molar-refractivity contribution in [2.24, 2.45) is 0 Å². The number of fused-ring (bicyclic) bond motifs is 1. The number of aromatic nitrogens is 4. The third kappa shape index (κ3) is 7.68. The highest BCUT2D eigenvalue weighted by Gasteiger charge is 2.68. The summed E-state index contributed by atoms with van der Waals surface area (Å²) in [6.45, 7) is 8.85. The van der Waals surface area contributed by atoms with Gasteiger partial charge in [0.1, 0.15) is 5.75 Å². The van der Waals surface area contributed by atoms with E-state index in [0.29, 0.717) is 47.2 Å². The number of benzene rings is 2. The average Bonchev–Trinajstić information content (AvgIpc) is 3.36. The third-order valence-electron chi connectivity index (χ3n) is 9.31. The number of allylic oxidation sites excluding steroid dienone is 2. The van der Waals surface area contributed by atoms with E-state index in [1.165, 1.54) is 13.5 Å². The Bertz CT molecular complexity index is 1850. The zero-order valence-electron chi connectivity index (χ0n) is 29.3. The molecule has 0 saturated carbocycles. The minimum absolute atomic E-state index is 0.159. The molecule has 4 aromatic rings. The molecule has 2 aromatic carbocycles. The molecule has 1 amide bonds. The second-order valence-electron chi connectivity index (χ2n) is 12.5. The predicted molar refractivity (Wildman–Crippen MR) is 194 cm³/mol. The molecule has 1 fully saturated rings. The number of hydrogen-bond donors (Lipinski definition) is 3. The van der Waals surface area contributed by atoms with E-state index in [-0.39, 0.29) is 17.5 Å². The summed E-state index contributed by atoms with van der Waals surface area (Å²) in [5.74, 6) is 0.969. The van der Waals surface area contributed by atoms with Crippen molar-refractivity contribution in [2.45, 2.75) is 97.1 Å². The van der Waals surface area contributed by atoms with Crippen molar-refractivity contribution in [1.29, 1.82) is 0 Å². The maximum absolute atomic E-state index is 14.2. The Morgan fingerprint density at radius 1 is 1.04 bits per heavy atom. The number of carbonyl (C=O) groups is 2. The Balaban J connectivity index is 1.23. The van der Waals surface area contributed by atoms with Crippen LogP contribution in [0.2, 0.25) is 0 Å². The van der Waals surface area contributed by atoms with Gasteiger partial charge in [0.2, 0.25) is 11.6 Å². The lowest BCUT2D eigenvalue weighted by atomic mass is 9.98. The van der Waals surface area contributed by atoms with Crippen molar-refractivity contribution in [2.75, 3.05) is 19.0 Å². The normalized spacial score (nSPS) is 19.3. The number of aryl methyl sites for hydroxylation is 1. The number of ether oxygens (including phenoxy) is 2. The van der Waals surface area contributed by atoms with Crippen LogP contribution in [-0.4, -0.2) is 50.5 Å². The van der Waals surface area contributed by atoms with Gasteiger partial charge in [0.05, 0.1) is 23.5 Å². The van der Waals surface area contributed by atoms with Crippen molar-refractivity contribution < 1.29 is 23.6 Å². The standard InChI is InChI=1S/C37H49N6O5P/c1-6-10-12-13-17-31-37(9-4,23-11-7-2)49(31,46)38-24-22-32(44)39-28-16-14-15-27(25-28)34-40-35-33(30(8-3)41-43(35)42-34)48-29-20-18-26(19-21-29)36(45)47-5/h14-21,25,41H,6-13,22-24H2,1-5H3,(H,38,46)(H,39,44)/b31-17+. The smallest absolute Gasteiger partial charge is 0.337 e. The molecule has 1 aliphatic heterocycles. The van der Waals surface area contributed by atoms with Crippen molar-refractivity contribution in [3.8, 4) is 22.9 Å².